The predicted octanol–water partition coefficient (Wildman–Crippen LogP) is 3.68. The van der Waals surface area contributed by atoms with E-state index in [9.17, 15) is 0 Å². The first kappa shape index (κ1) is 9.31. The zero-order chi connectivity index (χ0) is 9.14. The molecule has 0 saturated heterocycles. The van der Waals surface area contributed by atoms with Crippen LogP contribution < -0.4 is 0 Å². The first-order chi connectivity index (χ1) is 5.65. The molecule has 0 spiro atoms. The van der Waals surface area contributed by atoms with Crippen molar-refractivity contribution in [2.45, 2.75) is 40.0 Å². The number of benzene rings is 1. The van der Waals surface area contributed by atoms with Crippen molar-refractivity contribution in [3.05, 3.63) is 34.9 Å². The van der Waals surface area contributed by atoms with Crippen LogP contribution in [0.5, 0.6) is 0 Å². The molecule has 0 aromatic heterocycles. The molecule has 0 radical (unpaired) electrons. The van der Waals surface area contributed by atoms with Gasteiger partial charge in [-0.25, -0.2) is 0 Å². The first-order valence-electron chi connectivity index (χ1n) is 4.74. The van der Waals surface area contributed by atoms with Gasteiger partial charge in [-0.2, -0.15) is 0 Å². The second kappa shape index (κ2) is 3.75. The molecule has 0 bridgehead atoms. The van der Waals surface area contributed by atoms with Crippen LogP contribution in [0.25, 0.3) is 0 Å². The number of aryl methyl sites for hydroxylation is 2. The van der Waals surface area contributed by atoms with Gasteiger partial charge in [-0.3, -0.25) is 0 Å². The van der Waals surface area contributed by atoms with Crippen molar-refractivity contribution >= 4 is 0 Å². The van der Waals surface area contributed by atoms with E-state index in [1.54, 1.807) is 0 Å². The number of rotatable bonds is 2. The summed E-state index contributed by atoms with van der Waals surface area (Å²) in [6.45, 7) is 8.88. The van der Waals surface area contributed by atoms with Crippen LogP contribution in [0.15, 0.2) is 18.2 Å². The molecular weight excluding hydrogens is 144 g/mol. The average Bonchev–Trinajstić information content (AvgIpc) is 2.05. The Morgan fingerprint density at radius 1 is 1.25 bits per heavy atom. The zero-order valence-corrected chi connectivity index (χ0v) is 8.52. The molecule has 0 saturated carbocycles. The Kier molecular flexibility index (Phi) is 2.91. The van der Waals surface area contributed by atoms with E-state index in [1.165, 1.54) is 16.7 Å². The van der Waals surface area contributed by atoms with Crippen LogP contribution in [0.2, 0.25) is 0 Å². The second-order valence-corrected chi connectivity index (χ2v) is 3.69. The van der Waals surface area contributed by atoms with Gasteiger partial charge < -0.3 is 0 Å². The van der Waals surface area contributed by atoms with Gasteiger partial charge in [0.1, 0.15) is 0 Å². The summed E-state index contributed by atoms with van der Waals surface area (Å²) in [6, 6.07) is 6.80. The lowest BCUT2D eigenvalue weighted by Crippen LogP contribution is -1.92. The van der Waals surface area contributed by atoms with Gasteiger partial charge in [0.05, 0.1) is 0 Å². The van der Waals surface area contributed by atoms with Crippen LogP contribution in [-0.4, -0.2) is 0 Å². The third kappa shape index (κ3) is 1.88. The van der Waals surface area contributed by atoms with E-state index in [0.717, 1.165) is 6.42 Å². The summed E-state index contributed by atoms with van der Waals surface area (Å²) in [4.78, 5) is 0. The lowest BCUT2D eigenvalue weighted by molar-refractivity contribution is 0.861. The molecule has 66 valence electrons. The number of hydrogen-bond acceptors (Lipinski definition) is 0. The quantitative estimate of drug-likeness (QED) is 0.622. The highest BCUT2D eigenvalue weighted by Crippen LogP contribution is 2.18. The molecule has 0 heteroatoms. The summed E-state index contributed by atoms with van der Waals surface area (Å²) in [7, 11) is 0. The van der Waals surface area contributed by atoms with Crippen molar-refractivity contribution < 1.29 is 0 Å². The fourth-order valence-corrected chi connectivity index (χ4v) is 1.43. The predicted molar refractivity (Wildman–Crippen MR) is 54.6 cm³/mol. The molecule has 0 aliphatic heterocycles. The van der Waals surface area contributed by atoms with Crippen molar-refractivity contribution in [3.8, 4) is 0 Å². The van der Waals surface area contributed by atoms with Crippen molar-refractivity contribution in [1.29, 1.82) is 0 Å². The molecule has 0 aliphatic rings. The van der Waals surface area contributed by atoms with Crippen LogP contribution >= 0.6 is 0 Å². The monoisotopic (exact) mass is 162 g/mol. The summed E-state index contributed by atoms with van der Waals surface area (Å²) in [6.07, 6.45) is 1.15. The molecule has 0 amide bonds. The maximum Gasteiger partial charge on any atom is -0.0219 e. The highest BCUT2D eigenvalue weighted by molar-refractivity contribution is 5.32. The maximum absolute atomic E-state index is 2.33. The Bertz CT molecular complexity index is 259. The van der Waals surface area contributed by atoms with E-state index >= 15 is 0 Å². The Labute approximate surface area is 75.6 Å². The Balaban J connectivity index is 3.05. The molecular formula is C12H18. The minimum atomic E-state index is 0.649. The van der Waals surface area contributed by atoms with E-state index in [1.807, 2.05) is 0 Å². The van der Waals surface area contributed by atoms with Gasteiger partial charge in [0.2, 0.25) is 0 Å². The zero-order valence-electron chi connectivity index (χ0n) is 8.52. The van der Waals surface area contributed by atoms with Crippen LogP contribution in [0.1, 0.15) is 43.4 Å². The molecule has 12 heavy (non-hydrogen) atoms. The van der Waals surface area contributed by atoms with E-state index in [2.05, 4.69) is 45.9 Å². The van der Waals surface area contributed by atoms with Crippen molar-refractivity contribution in [2.75, 3.05) is 0 Å². The van der Waals surface area contributed by atoms with Crippen molar-refractivity contribution in [2.24, 2.45) is 0 Å². The minimum Gasteiger partial charge on any atom is -0.0613 e. The van der Waals surface area contributed by atoms with Gasteiger partial charge in [-0.1, -0.05) is 39.0 Å². The molecule has 0 fully saturated rings. The standard InChI is InChI=1S/C12H18/c1-5-11-8-12(9(2)3)7-6-10(11)4/h6-9H,5H2,1-4H3. The summed E-state index contributed by atoms with van der Waals surface area (Å²) in [5, 5.41) is 0. The van der Waals surface area contributed by atoms with E-state index in [4.69, 9.17) is 0 Å². The van der Waals surface area contributed by atoms with Gasteiger partial charge >= 0.3 is 0 Å². The summed E-state index contributed by atoms with van der Waals surface area (Å²) in [5.74, 6) is 0.649. The molecule has 0 unspecified atom stereocenters. The molecule has 0 aliphatic carbocycles. The number of hydrogen-bond donors (Lipinski definition) is 0. The lowest BCUT2D eigenvalue weighted by Gasteiger charge is -2.09. The van der Waals surface area contributed by atoms with E-state index in [-0.39, 0.29) is 0 Å². The van der Waals surface area contributed by atoms with Gasteiger partial charge in [-0.15, -0.1) is 0 Å². The first-order valence-corrected chi connectivity index (χ1v) is 4.74. The van der Waals surface area contributed by atoms with Gasteiger partial charge in [-0.05, 0) is 36.0 Å². The topological polar surface area (TPSA) is 0 Å². The minimum absolute atomic E-state index is 0.649. The second-order valence-electron chi connectivity index (χ2n) is 3.69. The van der Waals surface area contributed by atoms with Gasteiger partial charge in [0.25, 0.3) is 0 Å². The molecule has 0 N–H and O–H groups in total. The highest BCUT2D eigenvalue weighted by atomic mass is 14.1. The lowest BCUT2D eigenvalue weighted by atomic mass is 9.97. The van der Waals surface area contributed by atoms with Crippen LogP contribution in [0, 0.1) is 6.92 Å². The maximum atomic E-state index is 2.33. The van der Waals surface area contributed by atoms with Crippen LogP contribution in [0.3, 0.4) is 0 Å². The summed E-state index contributed by atoms with van der Waals surface area (Å²) >= 11 is 0. The largest absolute Gasteiger partial charge is 0.0613 e. The fourth-order valence-electron chi connectivity index (χ4n) is 1.43. The average molecular weight is 162 g/mol. The molecule has 1 rings (SSSR count). The third-order valence-corrected chi connectivity index (χ3v) is 2.42. The molecule has 0 nitrogen and oxygen atoms in total. The molecule has 0 atom stereocenters. The molecule has 1 aromatic rings. The van der Waals surface area contributed by atoms with Crippen molar-refractivity contribution in [1.82, 2.24) is 0 Å². The highest BCUT2D eigenvalue weighted by Gasteiger charge is 2.01. The van der Waals surface area contributed by atoms with Gasteiger partial charge in [0, 0.05) is 0 Å². The van der Waals surface area contributed by atoms with E-state index < -0.39 is 0 Å². The summed E-state index contributed by atoms with van der Waals surface area (Å²) < 4.78 is 0. The van der Waals surface area contributed by atoms with Gasteiger partial charge in [0.15, 0.2) is 0 Å². The normalized spacial score (nSPS) is 10.8. The fraction of sp³-hybridized carbons (Fsp3) is 0.500. The SMILES string of the molecule is CCc1cc(C(C)C)ccc1C. The Morgan fingerprint density at radius 3 is 2.42 bits per heavy atom. The van der Waals surface area contributed by atoms with E-state index in [0.29, 0.717) is 5.92 Å². The summed E-state index contributed by atoms with van der Waals surface area (Å²) in [5.41, 5.74) is 4.36. The van der Waals surface area contributed by atoms with Crippen LogP contribution in [-0.2, 0) is 6.42 Å². The Hall–Kier alpha value is -0.780. The van der Waals surface area contributed by atoms with Crippen molar-refractivity contribution in [3.63, 3.8) is 0 Å². The third-order valence-electron chi connectivity index (χ3n) is 2.42. The molecule has 1 aromatic carbocycles. The molecule has 0 heterocycles. The van der Waals surface area contributed by atoms with Crippen LogP contribution in [0.4, 0.5) is 0 Å². The smallest absolute Gasteiger partial charge is 0.0219 e. The Morgan fingerprint density at radius 2 is 1.92 bits per heavy atom.